The Morgan fingerprint density at radius 1 is 1.54 bits per heavy atom. The Bertz CT molecular complexity index is 474. The lowest BCUT2D eigenvalue weighted by Crippen LogP contribution is -2.03. The van der Waals surface area contributed by atoms with Gasteiger partial charge in [0, 0.05) is 14.0 Å². The summed E-state index contributed by atoms with van der Waals surface area (Å²) < 4.78 is 1.64. The third-order valence-corrected chi connectivity index (χ3v) is 1.86. The number of imidazole rings is 1. The average Bonchev–Trinajstić information content (AvgIpc) is 2.45. The van der Waals surface area contributed by atoms with E-state index in [1.807, 2.05) is 0 Å². The Labute approximate surface area is 74.4 Å². The number of aryl methyl sites for hydroxylation is 1. The van der Waals surface area contributed by atoms with E-state index in [1.165, 1.54) is 6.92 Å². The standard InChI is InChI=1S/C8H8N4O/c1-5(13)7-10-6-3-4-9-11-8(6)12(7)2/h3-4H,1-2H3. The molecular weight excluding hydrogens is 168 g/mol. The van der Waals surface area contributed by atoms with Crippen LogP contribution in [0.3, 0.4) is 0 Å². The number of Topliss-reactive ketones (excluding diaryl/α,β-unsaturated/α-hetero) is 1. The van der Waals surface area contributed by atoms with Crippen molar-refractivity contribution >= 4 is 16.9 Å². The predicted octanol–water partition coefficient (Wildman–Crippen LogP) is 0.566. The lowest BCUT2D eigenvalue weighted by atomic mass is 10.4. The molecule has 0 aromatic carbocycles. The maximum atomic E-state index is 11.1. The second kappa shape index (κ2) is 2.62. The summed E-state index contributed by atoms with van der Waals surface area (Å²) in [6, 6.07) is 1.73. The first-order valence-corrected chi connectivity index (χ1v) is 3.85. The quantitative estimate of drug-likeness (QED) is 0.596. The van der Waals surface area contributed by atoms with Crippen molar-refractivity contribution in [2.75, 3.05) is 0 Å². The molecule has 0 saturated carbocycles. The van der Waals surface area contributed by atoms with Gasteiger partial charge in [0.15, 0.2) is 17.3 Å². The lowest BCUT2D eigenvalue weighted by molar-refractivity contribution is 0.100. The summed E-state index contributed by atoms with van der Waals surface area (Å²) in [5, 5.41) is 7.61. The number of fused-ring (bicyclic) bond motifs is 1. The van der Waals surface area contributed by atoms with Gasteiger partial charge in [0.2, 0.25) is 0 Å². The molecule has 0 aliphatic rings. The van der Waals surface area contributed by atoms with E-state index in [0.29, 0.717) is 17.0 Å². The van der Waals surface area contributed by atoms with Crippen molar-refractivity contribution in [1.29, 1.82) is 0 Å². The molecule has 0 radical (unpaired) electrons. The largest absolute Gasteiger partial charge is 0.308 e. The van der Waals surface area contributed by atoms with Gasteiger partial charge in [-0.05, 0) is 6.07 Å². The van der Waals surface area contributed by atoms with Crippen LogP contribution in [0.5, 0.6) is 0 Å². The molecule has 0 atom stereocenters. The van der Waals surface area contributed by atoms with E-state index in [2.05, 4.69) is 15.2 Å². The summed E-state index contributed by atoms with van der Waals surface area (Å²) in [7, 11) is 1.75. The second-order valence-electron chi connectivity index (χ2n) is 2.79. The molecule has 66 valence electrons. The summed E-state index contributed by atoms with van der Waals surface area (Å²) in [6.07, 6.45) is 1.55. The molecule has 0 aliphatic heterocycles. The minimum atomic E-state index is -0.0690. The first kappa shape index (κ1) is 7.85. The molecule has 2 aromatic rings. The van der Waals surface area contributed by atoms with Crippen LogP contribution >= 0.6 is 0 Å². The number of hydrogen-bond donors (Lipinski definition) is 0. The van der Waals surface area contributed by atoms with Gasteiger partial charge in [0.25, 0.3) is 0 Å². The van der Waals surface area contributed by atoms with Crippen LogP contribution in [0, 0.1) is 0 Å². The Morgan fingerprint density at radius 2 is 2.31 bits per heavy atom. The van der Waals surface area contributed by atoms with Gasteiger partial charge in [-0.2, -0.15) is 5.10 Å². The third kappa shape index (κ3) is 1.09. The van der Waals surface area contributed by atoms with E-state index >= 15 is 0 Å². The first-order chi connectivity index (χ1) is 6.20. The van der Waals surface area contributed by atoms with Crippen molar-refractivity contribution in [1.82, 2.24) is 19.7 Å². The number of carbonyl (C=O) groups is 1. The molecule has 0 spiro atoms. The third-order valence-electron chi connectivity index (χ3n) is 1.86. The molecule has 2 rings (SSSR count). The summed E-state index contributed by atoms with van der Waals surface area (Å²) in [6.45, 7) is 1.48. The lowest BCUT2D eigenvalue weighted by Gasteiger charge is -1.94. The van der Waals surface area contributed by atoms with E-state index in [0.717, 1.165) is 0 Å². The van der Waals surface area contributed by atoms with E-state index < -0.39 is 0 Å². The first-order valence-electron chi connectivity index (χ1n) is 3.85. The van der Waals surface area contributed by atoms with Gasteiger partial charge >= 0.3 is 0 Å². The fourth-order valence-electron chi connectivity index (χ4n) is 1.25. The van der Waals surface area contributed by atoms with Gasteiger partial charge in [-0.15, -0.1) is 5.10 Å². The minimum Gasteiger partial charge on any atom is -0.308 e. The maximum absolute atomic E-state index is 11.1. The van der Waals surface area contributed by atoms with Crippen LogP contribution in [0.25, 0.3) is 11.2 Å². The zero-order valence-electron chi connectivity index (χ0n) is 7.35. The maximum Gasteiger partial charge on any atom is 0.195 e. The van der Waals surface area contributed by atoms with Gasteiger partial charge in [-0.25, -0.2) is 4.98 Å². The highest BCUT2D eigenvalue weighted by atomic mass is 16.1. The molecule has 0 amide bonds. The minimum absolute atomic E-state index is 0.0690. The van der Waals surface area contributed by atoms with Crippen molar-refractivity contribution in [3.05, 3.63) is 18.1 Å². The molecule has 0 unspecified atom stereocenters. The molecule has 5 nitrogen and oxygen atoms in total. The molecule has 2 heterocycles. The summed E-state index contributed by atoms with van der Waals surface area (Å²) in [5.74, 6) is 0.344. The zero-order valence-corrected chi connectivity index (χ0v) is 7.35. The number of hydrogen-bond acceptors (Lipinski definition) is 4. The fourth-order valence-corrected chi connectivity index (χ4v) is 1.25. The zero-order chi connectivity index (χ0) is 9.42. The van der Waals surface area contributed by atoms with Crippen LogP contribution in [0.1, 0.15) is 17.5 Å². The predicted molar refractivity (Wildman–Crippen MR) is 46.3 cm³/mol. The number of rotatable bonds is 1. The van der Waals surface area contributed by atoms with Crippen molar-refractivity contribution in [3.63, 3.8) is 0 Å². The normalized spacial score (nSPS) is 10.6. The Hall–Kier alpha value is -1.78. The summed E-state index contributed by atoms with van der Waals surface area (Å²) in [5.41, 5.74) is 1.33. The van der Waals surface area contributed by atoms with Gasteiger partial charge < -0.3 is 4.57 Å². The van der Waals surface area contributed by atoms with Gasteiger partial charge in [-0.1, -0.05) is 0 Å². The molecule has 2 aromatic heterocycles. The summed E-state index contributed by atoms with van der Waals surface area (Å²) in [4.78, 5) is 15.2. The van der Waals surface area contributed by atoms with Crippen LogP contribution in [0.15, 0.2) is 12.3 Å². The highest BCUT2D eigenvalue weighted by Crippen LogP contribution is 2.10. The van der Waals surface area contributed by atoms with Gasteiger partial charge in [-0.3, -0.25) is 4.79 Å². The number of carbonyl (C=O) groups excluding carboxylic acids is 1. The molecule has 0 bridgehead atoms. The van der Waals surface area contributed by atoms with Crippen LogP contribution in [-0.2, 0) is 7.05 Å². The summed E-state index contributed by atoms with van der Waals surface area (Å²) >= 11 is 0. The van der Waals surface area contributed by atoms with Gasteiger partial charge in [0.05, 0.1) is 6.20 Å². The molecule has 0 fully saturated rings. The van der Waals surface area contributed by atoms with E-state index in [1.54, 1.807) is 23.9 Å². The molecule has 5 heteroatoms. The molecule has 0 saturated heterocycles. The van der Waals surface area contributed by atoms with Crippen LogP contribution < -0.4 is 0 Å². The number of nitrogens with zero attached hydrogens (tertiary/aromatic N) is 4. The van der Waals surface area contributed by atoms with Crippen molar-refractivity contribution < 1.29 is 4.79 Å². The molecule has 0 N–H and O–H groups in total. The highest BCUT2D eigenvalue weighted by molar-refractivity contribution is 5.93. The van der Waals surface area contributed by atoms with E-state index in [-0.39, 0.29) is 5.78 Å². The number of aromatic nitrogens is 4. The Morgan fingerprint density at radius 3 is 2.92 bits per heavy atom. The SMILES string of the molecule is CC(=O)c1nc2ccnnc2n1C. The van der Waals surface area contributed by atoms with E-state index in [4.69, 9.17) is 0 Å². The van der Waals surface area contributed by atoms with Gasteiger partial charge in [0.1, 0.15) is 5.52 Å². The van der Waals surface area contributed by atoms with Crippen molar-refractivity contribution in [2.24, 2.45) is 7.05 Å². The molecular formula is C8H8N4O. The molecule has 0 aliphatic carbocycles. The monoisotopic (exact) mass is 176 g/mol. The van der Waals surface area contributed by atoms with Crippen molar-refractivity contribution in [2.45, 2.75) is 6.92 Å². The molecule has 13 heavy (non-hydrogen) atoms. The fraction of sp³-hybridized carbons (Fsp3) is 0.250. The highest BCUT2D eigenvalue weighted by Gasteiger charge is 2.11. The van der Waals surface area contributed by atoms with Crippen molar-refractivity contribution in [3.8, 4) is 0 Å². The average molecular weight is 176 g/mol. The van der Waals surface area contributed by atoms with E-state index in [9.17, 15) is 4.79 Å². The van der Waals surface area contributed by atoms with Crippen LogP contribution in [0.2, 0.25) is 0 Å². The number of ketones is 1. The second-order valence-corrected chi connectivity index (χ2v) is 2.79. The van der Waals surface area contributed by atoms with Crippen LogP contribution in [-0.4, -0.2) is 25.5 Å². The Balaban J connectivity index is 2.81. The topological polar surface area (TPSA) is 60.7 Å². The Kier molecular flexibility index (Phi) is 1.58. The van der Waals surface area contributed by atoms with Crippen LogP contribution in [0.4, 0.5) is 0 Å². The smallest absolute Gasteiger partial charge is 0.195 e.